The molecule has 14 heavy (non-hydrogen) atoms. The fraction of sp³-hybridized carbons (Fsp3) is 0.556. The number of carbonyl (C=O) groups is 1. The first kappa shape index (κ1) is 10.6. The number of aromatic nitrogens is 1. The summed E-state index contributed by atoms with van der Waals surface area (Å²) >= 11 is 0. The molecular formula is C9H14N2O3. The Morgan fingerprint density at radius 1 is 1.57 bits per heavy atom. The van der Waals surface area contributed by atoms with Gasteiger partial charge in [-0.05, 0) is 6.92 Å². The molecule has 5 nitrogen and oxygen atoms in total. The molecule has 0 saturated carbocycles. The molecule has 78 valence electrons. The average molecular weight is 198 g/mol. The average Bonchev–Trinajstić information content (AvgIpc) is 2.59. The number of hydrogen-bond donors (Lipinski definition) is 1. The molecule has 0 unspecified atom stereocenters. The molecule has 5 heteroatoms. The Hall–Kier alpha value is -1.52. The van der Waals surface area contributed by atoms with Gasteiger partial charge in [0.25, 0.3) is 0 Å². The Bertz CT molecular complexity index is 333. The third-order valence-electron chi connectivity index (χ3n) is 2.12. The summed E-state index contributed by atoms with van der Waals surface area (Å²) in [6, 6.07) is 0. The van der Waals surface area contributed by atoms with Crippen LogP contribution in [0.5, 0.6) is 0 Å². The summed E-state index contributed by atoms with van der Waals surface area (Å²) in [5, 5.41) is 12.4. The third kappa shape index (κ3) is 1.71. The lowest BCUT2D eigenvalue weighted by molar-refractivity contribution is 0.0686. The second-order valence-corrected chi connectivity index (χ2v) is 2.98. The van der Waals surface area contributed by atoms with Gasteiger partial charge in [0.1, 0.15) is 5.69 Å². The van der Waals surface area contributed by atoms with Crippen LogP contribution in [0, 0.1) is 0 Å². The van der Waals surface area contributed by atoms with Crippen molar-refractivity contribution < 1.29 is 14.4 Å². The molecule has 1 aromatic heterocycles. The first-order valence-corrected chi connectivity index (χ1v) is 4.54. The van der Waals surface area contributed by atoms with Crippen molar-refractivity contribution in [3.05, 3.63) is 11.5 Å². The van der Waals surface area contributed by atoms with E-state index in [0.717, 1.165) is 0 Å². The number of hydrogen-bond acceptors (Lipinski definition) is 4. The van der Waals surface area contributed by atoms with Crippen LogP contribution in [-0.2, 0) is 6.42 Å². The van der Waals surface area contributed by atoms with E-state index >= 15 is 0 Å². The van der Waals surface area contributed by atoms with Gasteiger partial charge in [0.15, 0.2) is 5.76 Å². The van der Waals surface area contributed by atoms with E-state index in [-0.39, 0.29) is 5.69 Å². The van der Waals surface area contributed by atoms with Crippen molar-refractivity contribution in [2.75, 3.05) is 18.5 Å². The second kappa shape index (κ2) is 4.13. The van der Waals surface area contributed by atoms with Crippen molar-refractivity contribution in [3.8, 4) is 0 Å². The molecule has 1 aromatic rings. The van der Waals surface area contributed by atoms with Gasteiger partial charge < -0.3 is 14.5 Å². The number of anilines is 1. The molecule has 0 fully saturated rings. The fourth-order valence-electron chi connectivity index (χ4n) is 1.24. The lowest BCUT2D eigenvalue weighted by Crippen LogP contribution is -2.19. The second-order valence-electron chi connectivity index (χ2n) is 2.98. The van der Waals surface area contributed by atoms with Gasteiger partial charge in [0.05, 0.1) is 0 Å². The van der Waals surface area contributed by atoms with E-state index in [9.17, 15) is 4.79 Å². The quantitative estimate of drug-likeness (QED) is 0.791. The van der Waals surface area contributed by atoms with Crippen molar-refractivity contribution >= 4 is 11.7 Å². The van der Waals surface area contributed by atoms with E-state index in [4.69, 9.17) is 9.63 Å². The van der Waals surface area contributed by atoms with Gasteiger partial charge in [-0.25, -0.2) is 4.79 Å². The number of carboxylic acid groups (broad SMARTS) is 1. The minimum Gasteiger partial charge on any atom is -0.476 e. The minimum absolute atomic E-state index is 0.00815. The Morgan fingerprint density at radius 2 is 2.21 bits per heavy atom. The maximum Gasteiger partial charge on any atom is 0.360 e. The predicted molar refractivity (Wildman–Crippen MR) is 51.8 cm³/mol. The highest BCUT2D eigenvalue weighted by atomic mass is 16.5. The Morgan fingerprint density at radius 3 is 2.64 bits per heavy atom. The summed E-state index contributed by atoms with van der Waals surface area (Å²) in [4.78, 5) is 12.6. The van der Waals surface area contributed by atoms with Gasteiger partial charge >= 0.3 is 5.97 Å². The van der Waals surface area contributed by atoms with Gasteiger partial charge in [-0.3, -0.25) is 0 Å². The molecule has 1 N–H and O–H groups in total. The minimum atomic E-state index is -1.05. The molecule has 1 rings (SSSR count). The molecule has 0 aromatic carbocycles. The maximum absolute atomic E-state index is 10.8. The smallest absolute Gasteiger partial charge is 0.360 e. The van der Waals surface area contributed by atoms with Crippen LogP contribution >= 0.6 is 0 Å². The van der Waals surface area contributed by atoms with Gasteiger partial charge in [-0.2, -0.15) is 0 Å². The van der Waals surface area contributed by atoms with E-state index in [1.165, 1.54) is 0 Å². The highest BCUT2D eigenvalue weighted by Gasteiger charge is 2.22. The molecule has 0 aliphatic carbocycles. The van der Waals surface area contributed by atoms with Crippen molar-refractivity contribution in [2.45, 2.75) is 20.3 Å². The number of aromatic carboxylic acids is 1. The van der Waals surface area contributed by atoms with E-state index in [0.29, 0.717) is 24.4 Å². The molecule has 0 amide bonds. The zero-order valence-electron chi connectivity index (χ0n) is 8.57. The monoisotopic (exact) mass is 198 g/mol. The van der Waals surface area contributed by atoms with Crippen molar-refractivity contribution in [1.29, 1.82) is 0 Å². The normalized spacial score (nSPS) is 10.2. The maximum atomic E-state index is 10.8. The van der Waals surface area contributed by atoms with Crippen LogP contribution in [0.1, 0.15) is 30.1 Å². The number of aryl methyl sites for hydroxylation is 1. The molecule has 0 spiro atoms. The molecule has 0 aliphatic heterocycles. The van der Waals surface area contributed by atoms with E-state index in [2.05, 4.69) is 5.16 Å². The highest BCUT2D eigenvalue weighted by Crippen LogP contribution is 2.24. The summed E-state index contributed by atoms with van der Waals surface area (Å²) in [7, 11) is 1.82. The van der Waals surface area contributed by atoms with Crippen LogP contribution in [0.3, 0.4) is 0 Å². The van der Waals surface area contributed by atoms with Gasteiger partial charge in [0.2, 0.25) is 5.69 Å². The van der Waals surface area contributed by atoms with Gasteiger partial charge in [-0.15, -0.1) is 0 Å². The van der Waals surface area contributed by atoms with E-state index in [1.807, 2.05) is 25.8 Å². The number of carboxylic acids is 1. The van der Waals surface area contributed by atoms with Crippen LogP contribution < -0.4 is 4.90 Å². The predicted octanol–water partition coefficient (Wildman–Crippen LogP) is 1.39. The number of rotatable bonds is 4. The zero-order chi connectivity index (χ0) is 10.7. The standard InChI is InChI=1S/C9H14N2O3/c1-4-6-8(11(3)5-2)7(9(12)13)10-14-6/h4-5H2,1-3H3,(H,12,13). The highest BCUT2D eigenvalue weighted by molar-refractivity contribution is 5.92. The van der Waals surface area contributed by atoms with Gasteiger partial charge in [0, 0.05) is 20.0 Å². The largest absolute Gasteiger partial charge is 0.476 e. The van der Waals surface area contributed by atoms with Crippen LogP contribution in [0.25, 0.3) is 0 Å². The van der Waals surface area contributed by atoms with Crippen molar-refractivity contribution in [2.24, 2.45) is 0 Å². The summed E-state index contributed by atoms with van der Waals surface area (Å²) in [6.45, 7) is 4.56. The van der Waals surface area contributed by atoms with E-state index < -0.39 is 5.97 Å². The van der Waals surface area contributed by atoms with Gasteiger partial charge in [-0.1, -0.05) is 12.1 Å². The third-order valence-corrected chi connectivity index (χ3v) is 2.12. The summed E-state index contributed by atoms with van der Waals surface area (Å²) < 4.78 is 4.96. The lowest BCUT2D eigenvalue weighted by atomic mass is 10.2. The molecule has 1 heterocycles. The summed E-state index contributed by atoms with van der Waals surface area (Å²) in [5.41, 5.74) is 0.578. The van der Waals surface area contributed by atoms with E-state index in [1.54, 1.807) is 0 Å². The van der Waals surface area contributed by atoms with Crippen LogP contribution in [0.2, 0.25) is 0 Å². The number of nitrogens with zero attached hydrogens (tertiary/aromatic N) is 2. The molecule has 0 aliphatic rings. The van der Waals surface area contributed by atoms with Crippen LogP contribution in [0.15, 0.2) is 4.52 Å². The molecule has 0 atom stereocenters. The first-order valence-electron chi connectivity index (χ1n) is 4.54. The summed E-state index contributed by atoms with van der Waals surface area (Å²) in [5.74, 6) is -0.435. The van der Waals surface area contributed by atoms with Crippen molar-refractivity contribution in [1.82, 2.24) is 5.16 Å². The fourth-order valence-corrected chi connectivity index (χ4v) is 1.24. The SMILES string of the molecule is CCc1onc(C(=O)O)c1N(C)CC. The molecule has 0 bridgehead atoms. The Balaban J connectivity index is 3.19. The Labute approximate surface area is 82.3 Å². The summed E-state index contributed by atoms with van der Waals surface area (Å²) in [6.07, 6.45) is 0.639. The topological polar surface area (TPSA) is 66.6 Å². The molecule has 0 saturated heterocycles. The van der Waals surface area contributed by atoms with Crippen molar-refractivity contribution in [3.63, 3.8) is 0 Å². The Kier molecular flexibility index (Phi) is 3.11. The zero-order valence-corrected chi connectivity index (χ0v) is 8.57. The van der Waals surface area contributed by atoms with Crippen LogP contribution in [-0.4, -0.2) is 29.8 Å². The first-order chi connectivity index (χ1) is 6.61. The molecule has 0 radical (unpaired) electrons. The molecular weight excluding hydrogens is 184 g/mol. The van der Waals surface area contributed by atoms with Crippen LogP contribution in [0.4, 0.5) is 5.69 Å². The lowest BCUT2D eigenvalue weighted by Gasteiger charge is -2.15.